The van der Waals surface area contributed by atoms with Crippen molar-refractivity contribution in [2.24, 2.45) is 5.92 Å². The number of carbonyl (C=O) groups excluding carboxylic acids is 2. The van der Waals surface area contributed by atoms with Crippen molar-refractivity contribution < 1.29 is 22.7 Å². The number of benzene rings is 1. The second-order valence-electron chi connectivity index (χ2n) is 6.95. The Balaban J connectivity index is 1.87. The SMILES string of the molecule is CC(C)Cc1ccc(C(=O)O[C@@H](C)C(=O)N[C@H]2CCS(=O)(=O)C2)cc1. The molecule has 2 rings (SSSR count). The molecule has 6 nitrogen and oxygen atoms in total. The highest BCUT2D eigenvalue weighted by Crippen LogP contribution is 2.13. The Hall–Kier alpha value is -1.89. The van der Waals surface area contributed by atoms with Crippen molar-refractivity contribution in [3.8, 4) is 0 Å². The van der Waals surface area contributed by atoms with Crippen LogP contribution in [0, 0.1) is 5.92 Å². The number of sulfone groups is 1. The lowest BCUT2D eigenvalue weighted by atomic mass is 10.0. The second kappa shape index (κ2) is 7.99. The highest BCUT2D eigenvalue weighted by Gasteiger charge is 2.30. The minimum Gasteiger partial charge on any atom is -0.449 e. The fourth-order valence-electron chi connectivity index (χ4n) is 2.76. The summed E-state index contributed by atoms with van der Waals surface area (Å²) in [5, 5.41) is 2.63. The van der Waals surface area contributed by atoms with Crippen LogP contribution < -0.4 is 5.32 Å². The summed E-state index contributed by atoms with van der Waals surface area (Å²) in [6, 6.07) is 6.73. The first kappa shape index (κ1) is 19.4. The van der Waals surface area contributed by atoms with Crippen molar-refractivity contribution in [3.63, 3.8) is 0 Å². The van der Waals surface area contributed by atoms with Crippen LogP contribution >= 0.6 is 0 Å². The van der Waals surface area contributed by atoms with Crippen LogP contribution in [0.3, 0.4) is 0 Å². The molecule has 2 atom stereocenters. The van der Waals surface area contributed by atoms with E-state index in [1.807, 2.05) is 12.1 Å². The third kappa shape index (κ3) is 5.85. The lowest BCUT2D eigenvalue weighted by molar-refractivity contribution is -0.129. The highest BCUT2D eigenvalue weighted by atomic mass is 32.2. The molecule has 1 N–H and O–H groups in total. The van der Waals surface area contributed by atoms with Gasteiger partial charge in [-0.25, -0.2) is 13.2 Å². The Morgan fingerprint density at radius 2 is 1.84 bits per heavy atom. The Kier molecular flexibility index (Phi) is 6.21. The monoisotopic (exact) mass is 367 g/mol. The van der Waals surface area contributed by atoms with E-state index in [1.54, 1.807) is 12.1 Å². The van der Waals surface area contributed by atoms with Gasteiger partial charge in [-0.05, 0) is 43.4 Å². The van der Waals surface area contributed by atoms with Crippen LogP contribution in [0.2, 0.25) is 0 Å². The molecule has 1 saturated heterocycles. The zero-order valence-electron chi connectivity index (χ0n) is 14.8. The molecule has 1 amide bonds. The van der Waals surface area contributed by atoms with E-state index in [-0.39, 0.29) is 11.5 Å². The van der Waals surface area contributed by atoms with E-state index < -0.39 is 33.9 Å². The van der Waals surface area contributed by atoms with Crippen LogP contribution in [0.25, 0.3) is 0 Å². The first-order chi connectivity index (χ1) is 11.7. The summed E-state index contributed by atoms with van der Waals surface area (Å²) in [7, 11) is -3.07. The zero-order chi connectivity index (χ0) is 18.6. The second-order valence-corrected chi connectivity index (χ2v) is 9.18. The molecular formula is C18H25NO5S. The van der Waals surface area contributed by atoms with Gasteiger partial charge in [-0.2, -0.15) is 0 Å². The van der Waals surface area contributed by atoms with E-state index >= 15 is 0 Å². The molecule has 1 aromatic rings. The quantitative estimate of drug-likeness (QED) is 0.774. The van der Waals surface area contributed by atoms with Gasteiger partial charge in [0.05, 0.1) is 17.1 Å². The van der Waals surface area contributed by atoms with Gasteiger partial charge in [-0.3, -0.25) is 4.79 Å². The number of ether oxygens (including phenoxy) is 1. The lowest BCUT2D eigenvalue weighted by Crippen LogP contribution is -2.42. The van der Waals surface area contributed by atoms with Gasteiger partial charge in [0.15, 0.2) is 15.9 Å². The first-order valence-corrected chi connectivity index (χ1v) is 10.3. The standard InChI is InChI=1S/C18H25NO5S/c1-12(2)10-14-4-6-15(7-5-14)18(21)24-13(3)17(20)19-16-8-9-25(22,23)11-16/h4-7,12-13,16H,8-11H2,1-3H3,(H,19,20)/t13-,16-/m0/s1. The van der Waals surface area contributed by atoms with Gasteiger partial charge in [0.25, 0.3) is 5.91 Å². The van der Waals surface area contributed by atoms with Crippen LogP contribution in [0.5, 0.6) is 0 Å². The highest BCUT2D eigenvalue weighted by molar-refractivity contribution is 7.91. The maximum atomic E-state index is 12.1. The van der Waals surface area contributed by atoms with Crippen LogP contribution in [0.4, 0.5) is 0 Å². The molecule has 0 spiro atoms. The molecule has 25 heavy (non-hydrogen) atoms. The minimum absolute atomic E-state index is 0.0588. The van der Waals surface area contributed by atoms with Crippen molar-refractivity contribution in [1.29, 1.82) is 0 Å². The van der Waals surface area contributed by atoms with E-state index in [0.717, 1.165) is 12.0 Å². The molecule has 0 bridgehead atoms. The number of amides is 1. The van der Waals surface area contributed by atoms with Gasteiger partial charge < -0.3 is 10.1 Å². The first-order valence-electron chi connectivity index (χ1n) is 8.47. The van der Waals surface area contributed by atoms with Gasteiger partial charge >= 0.3 is 5.97 Å². The number of rotatable bonds is 6. The van der Waals surface area contributed by atoms with Crippen LogP contribution in [0.15, 0.2) is 24.3 Å². The number of hydrogen-bond donors (Lipinski definition) is 1. The van der Waals surface area contributed by atoms with Crippen molar-refractivity contribution >= 4 is 21.7 Å². The molecule has 1 fully saturated rings. The van der Waals surface area contributed by atoms with Crippen molar-refractivity contribution in [1.82, 2.24) is 5.32 Å². The summed E-state index contributed by atoms with van der Waals surface area (Å²) in [5.41, 5.74) is 1.52. The Morgan fingerprint density at radius 3 is 2.36 bits per heavy atom. The maximum Gasteiger partial charge on any atom is 0.338 e. The molecule has 0 unspecified atom stereocenters. The van der Waals surface area contributed by atoms with E-state index in [0.29, 0.717) is 17.9 Å². The smallest absolute Gasteiger partial charge is 0.338 e. The van der Waals surface area contributed by atoms with Crippen LogP contribution in [-0.4, -0.2) is 43.9 Å². The van der Waals surface area contributed by atoms with Crippen molar-refractivity contribution in [2.75, 3.05) is 11.5 Å². The van der Waals surface area contributed by atoms with Gasteiger partial charge in [-0.1, -0.05) is 26.0 Å². The van der Waals surface area contributed by atoms with Gasteiger partial charge in [0.1, 0.15) is 0 Å². The Morgan fingerprint density at radius 1 is 1.20 bits per heavy atom. The zero-order valence-corrected chi connectivity index (χ0v) is 15.6. The summed E-state index contributed by atoms with van der Waals surface area (Å²) in [6.07, 6.45) is 0.343. The summed E-state index contributed by atoms with van der Waals surface area (Å²) < 4.78 is 28.0. The molecule has 1 aromatic carbocycles. The van der Waals surface area contributed by atoms with Gasteiger partial charge in [-0.15, -0.1) is 0 Å². The fraction of sp³-hybridized carbons (Fsp3) is 0.556. The fourth-order valence-corrected chi connectivity index (χ4v) is 4.43. The van der Waals surface area contributed by atoms with Crippen LogP contribution in [0.1, 0.15) is 43.1 Å². The van der Waals surface area contributed by atoms with Gasteiger partial charge in [0, 0.05) is 6.04 Å². The predicted octanol–water partition coefficient (Wildman–Crippen LogP) is 1.73. The van der Waals surface area contributed by atoms with E-state index in [9.17, 15) is 18.0 Å². The molecule has 7 heteroatoms. The third-order valence-corrected chi connectivity index (χ3v) is 5.83. The van der Waals surface area contributed by atoms with E-state index in [2.05, 4.69) is 19.2 Å². The molecule has 0 aliphatic carbocycles. The molecule has 1 aliphatic rings. The summed E-state index contributed by atoms with van der Waals surface area (Å²) in [6.45, 7) is 5.72. The van der Waals surface area contributed by atoms with Crippen molar-refractivity contribution in [3.05, 3.63) is 35.4 Å². The molecule has 0 saturated carbocycles. The molecule has 1 heterocycles. The molecule has 0 aromatic heterocycles. The van der Waals surface area contributed by atoms with E-state index in [4.69, 9.17) is 4.74 Å². The minimum atomic E-state index is -3.07. The van der Waals surface area contributed by atoms with Crippen LogP contribution in [-0.2, 0) is 25.8 Å². The van der Waals surface area contributed by atoms with Crippen molar-refractivity contribution in [2.45, 2.75) is 45.8 Å². The Labute approximate surface area is 148 Å². The average Bonchev–Trinajstić information content (AvgIpc) is 2.86. The topological polar surface area (TPSA) is 89.5 Å². The van der Waals surface area contributed by atoms with Gasteiger partial charge in [0.2, 0.25) is 0 Å². The average molecular weight is 367 g/mol. The number of esters is 1. The molecule has 0 radical (unpaired) electrons. The lowest BCUT2D eigenvalue weighted by Gasteiger charge is -2.16. The maximum absolute atomic E-state index is 12.1. The summed E-state index contributed by atoms with van der Waals surface area (Å²) in [4.78, 5) is 24.2. The Bertz CT molecular complexity index is 724. The predicted molar refractivity (Wildman–Crippen MR) is 95.1 cm³/mol. The number of hydrogen-bond acceptors (Lipinski definition) is 5. The number of carbonyl (C=O) groups is 2. The van der Waals surface area contributed by atoms with E-state index in [1.165, 1.54) is 6.92 Å². The normalized spacial score (nSPS) is 20.2. The summed E-state index contributed by atoms with van der Waals surface area (Å²) >= 11 is 0. The third-order valence-electron chi connectivity index (χ3n) is 4.07. The summed E-state index contributed by atoms with van der Waals surface area (Å²) in [5.74, 6) is -0.503. The molecule has 138 valence electrons. The molecule has 1 aliphatic heterocycles. The largest absolute Gasteiger partial charge is 0.449 e. The molecular weight excluding hydrogens is 342 g/mol. The number of nitrogens with one attached hydrogen (secondary N) is 1.